The summed E-state index contributed by atoms with van der Waals surface area (Å²) in [5, 5.41) is 0. The number of ether oxygens (including phenoxy) is 3. The minimum Gasteiger partial charge on any atom is -0.494 e. The van der Waals surface area contributed by atoms with E-state index in [1.165, 1.54) is 18.4 Å². The topological polar surface area (TPSA) is 27.7 Å². The van der Waals surface area contributed by atoms with Gasteiger partial charge in [0.25, 0.3) is 0 Å². The molecule has 1 fully saturated rings. The first-order chi connectivity index (χ1) is 14.3. The van der Waals surface area contributed by atoms with Gasteiger partial charge in [-0.15, -0.1) is 0 Å². The van der Waals surface area contributed by atoms with Crippen molar-refractivity contribution in [2.24, 2.45) is 0 Å². The van der Waals surface area contributed by atoms with Crippen LogP contribution in [0.1, 0.15) is 68.6 Å². The first-order valence-corrected chi connectivity index (χ1v) is 10.9. The average Bonchev–Trinajstić information content (AvgIpc) is 2.77. The number of benzene rings is 2. The Kier molecular flexibility index (Phi) is 8.61. The first kappa shape index (κ1) is 21.4. The Balaban J connectivity index is 1.51. The molecule has 1 heterocycles. The quantitative estimate of drug-likeness (QED) is 0.413. The maximum atomic E-state index is 5.81. The van der Waals surface area contributed by atoms with Crippen molar-refractivity contribution in [2.75, 3.05) is 19.8 Å². The molecule has 2 aromatic rings. The summed E-state index contributed by atoms with van der Waals surface area (Å²) in [6.45, 7) is 6.57. The summed E-state index contributed by atoms with van der Waals surface area (Å²) in [5.74, 6) is 7.68. The van der Waals surface area contributed by atoms with Crippen molar-refractivity contribution in [2.45, 2.75) is 58.2 Å². The van der Waals surface area contributed by atoms with Crippen LogP contribution in [-0.2, 0) is 9.47 Å². The second-order valence-electron chi connectivity index (χ2n) is 7.53. The van der Waals surface area contributed by atoms with E-state index >= 15 is 0 Å². The van der Waals surface area contributed by atoms with E-state index < -0.39 is 0 Å². The number of hydrogen-bond acceptors (Lipinski definition) is 3. The minimum absolute atomic E-state index is 0.0329. The number of unbranched alkanes of at least 4 members (excludes halogenated alkanes) is 2. The Hall–Kier alpha value is -2.28. The summed E-state index contributed by atoms with van der Waals surface area (Å²) < 4.78 is 17.4. The third kappa shape index (κ3) is 6.92. The fraction of sp³-hybridized carbons (Fsp3) is 0.462. The number of hydrogen-bond donors (Lipinski definition) is 0. The lowest BCUT2D eigenvalue weighted by Gasteiger charge is -2.29. The van der Waals surface area contributed by atoms with Crippen molar-refractivity contribution in [3.63, 3.8) is 0 Å². The molecule has 0 bridgehead atoms. The third-order valence-corrected chi connectivity index (χ3v) is 5.10. The fourth-order valence-corrected chi connectivity index (χ4v) is 3.30. The van der Waals surface area contributed by atoms with Crippen LogP contribution in [0.25, 0.3) is 0 Å². The molecule has 0 unspecified atom stereocenters. The van der Waals surface area contributed by atoms with Gasteiger partial charge in [0, 0.05) is 17.0 Å². The molecule has 0 amide bonds. The molecule has 3 rings (SSSR count). The van der Waals surface area contributed by atoms with Crippen molar-refractivity contribution in [3.05, 3.63) is 65.2 Å². The smallest absolute Gasteiger partial charge is 0.157 e. The molecule has 1 saturated heterocycles. The zero-order chi connectivity index (χ0) is 20.3. The Morgan fingerprint density at radius 1 is 0.828 bits per heavy atom. The second-order valence-corrected chi connectivity index (χ2v) is 7.53. The maximum absolute atomic E-state index is 5.81. The normalized spacial score (nSPS) is 18.7. The van der Waals surface area contributed by atoms with Gasteiger partial charge in [0.2, 0.25) is 0 Å². The van der Waals surface area contributed by atoms with E-state index in [2.05, 4.69) is 50.0 Å². The van der Waals surface area contributed by atoms with Gasteiger partial charge in [-0.25, -0.2) is 0 Å². The Morgan fingerprint density at radius 2 is 1.45 bits per heavy atom. The molecule has 2 aromatic carbocycles. The molecule has 0 spiro atoms. The molecule has 0 atom stereocenters. The largest absolute Gasteiger partial charge is 0.494 e. The molecule has 29 heavy (non-hydrogen) atoms. The van der Waals surface area contributed by atoms with E-state index in [9.17, 15) is 0 Å². The van der Waals surface area contributed by atoms with E-state index in [1.807, 2.05) is 24.3 Å². The van der Waals surface area contributed by atoms with E-state index in [-0.39, 0.29) is 6.29 Å². The summed E-state index contributed by atoms with van der Waals surface area (Å²) in [5.41, 5.74) is 3.25. The van der Waals surface area contributed by atoms with Gasteiger partial charge in [-0.3, -0.25) is 0 Å². The van der Waals surface area contributed by atoms with Gasteiger partial charge < -0.3 is 14.2 Å². The average molecular weight is 393 g/mol. The summed E-state index contributed by atoms with van der Waals surface area (Å²) in [4.78, 5) is 0. The number of rotatable bonds is 8. The van der Waals surface area contributed by atoms with Crippen LogP contribution in [0.15, 0.2) is 48.5 Å². The van der Waals surface area contributed by atoms with E-state index in [1.54, 1.807) is 0 Å². The van der Waals surface area contributed by atoms with Crippen LogP contribution in [0.2, 0.25) is 0 Å². The van der Waals surface area contributed by atoms with Gasteiger partial charge in [0.15, 0.2) is 6.29 Å². The lowest BCUT2D eigenvalue weighted by atomic mass is 9.99. The van der Waals surface area contributed by atoms with Gasteiger partial charge in [-0.05, 0) is 54.8 Å². The Labute approximate surface area is 175 Å². The highest BCUT2D eigenvalue weighted by atomic mass is 16.7. The Bertz CT molecular complexity index is 775. The molecule has 0 saturated carbocycles. The predicted molar refractivity (Wildman–Crippen MR) is 117 cm³/mol. The molecule has 0 aliphatic carbocycles. The van der Waals surface area contributed by atoms with Crippen LogP contribution in [0, 0.1) is 11.8 Å². The fourth-order valence-electron chi connectivity index (χ4n) is 3.30. The molecule has 3 nitrogen and oxygen atoms in total. The van der Waals surface area contributed by atoms with Crippen LogP contribution < -0.4 is 4.74 Å². The highest BCUT2D eigenvalue weighted by Gasteiger charge is 2.22. The third-order valence-electron chi connectivity index (χ3n) is 5.10. The Morgan fingerprint density at radius 3 is 2.03 bits per heavy atom. The van der Waals surface area contributed by atoms with Crippen molar-refractivity contribution < 1.29 is 14.2 Å². The van der Waals surface area contributed by atoms with Gasteiger partial charge >= 0.3 is 0 Å². The van der Waals surface area contributed by atoms with Crippen LogP contribution in [0.4, 0.5) is 0 Å². The van der Waals surface area contributed by atoms with E-state index in [0.717, 1.165) is 56.0 Å². The summed E-state index contributed by atoms with van der Waals surface area (Å²) in [6.07, 6.45) is 5.54. The summed E-state index contributed by atoms with van der Waals surface area (Å²) in [7, 11) is 0. The molecule has 0 radical (unpaired) electrons. The predicted octanol–water partition coefficient (Wildman–Crippen LogP) is 5.91. The van der Waals surface area contributed by atoms with Crippen LogP contribution >= 0.6 is 0 Å². The molecule has 1 aliphatic heterocycles. The van der Waals surface area contributed by atoms with E-state index in [4.69, 9.17) is 14.2 Å². The maximum Gasteiger partial charge on any atom is 0.157 e. The van der Waals surface area contributed by atoms with Gasteiger partial charge in [0.1, 0.15) is 5.75 Å². The van der Waals surface area contributed by atoms with Crippen molar-refractivity contribution in [1.82, 2.24) is 0 Å². The van der Waals surface area contributed by atoms with Gasteiger partial charge in [0.05, 0.1) is 19.8 Å². The van der Waals surface area contributed by atoms with Crippen LogP contribution in [0.5, 0.6) is 5.75 Å². The molecule has 0 aromatic heterocycles. The monoisotopic (exact) mass is 392 g/mol. The molecular weight excluding hydrogens is 360 g/mol. The van der Waals surface area contributed by atoms with Crippen LogP contribution in [0.3, 0.4) is 0 Å². The standard InChI is InChI=1S/C26H32O3/c1-3-5-6-18-27-25-16-12-22(13-17-25)9-8-21-10-14-23(15-11-21)24-19-28-26(7-4-2)29-20-24/h10-17,24,26H,3-7,18-20H2,1-2H3. The van der Waals surface area contributed by atoms with Gasteiger partial charge in [-0.1, -0.05) is 57.1 Å². The molecule has 0 N–H and O–H groups in total. The molecular formula is C26H32O3. The van der Waals surface area contributed by atoms with Crippen molar-refractivity contribution >= 4 is 0 Å². The summed E-state index contributed by atoms with van der Waals surface area (Å²) >= 11 is 0. The van der Waals surface area contributed by atoms with Crippen LogP contribution in [-0.4, -0.2) is 26.1 Å². The summed E-state index contributed by atoms with van der Waals surface area (Å²) in [6, 6.07) is 16.4. The zero-order valence-electron chi connectivity index (χ0n) is 17.7. The van der Waals surface area contributed by atoms with Gasteiger partial charge in [-0.2, -0.15) is 0 Å². The second kappa shape index (κ2) is 11.7. The molecule has 154 valence electrons. The molecule has 1 aliphatic rings. The molecule has 3 heteroatoms. The lowest BCUT2D eigenvalue weighted by Crippen LogP contribution is -2.30. The van der Waals surface area contributed by atoms with Crippen molar-refractivity contribution in [1.29, 1.82) is 0 Å². The minimum atomic E-state index is -0.0329. The first-order valence-electron chi connectivity index (χ1n) is 10.9. The van der Waals surface area contributed by atoms with E-state index in [0.29, 0.717) is 5.92 Å². The van der Waals surface area contributed by atoms with Crippen molar-refractivity contribution in [3.8, 4) is 17.6 Å². The SMILES string of the molecule is CCCCCOc1ccc(C#Cc2ccc(C3COC(CCC)OC3)cc2)cc1. The highest BCUT2D eigenvalue weighted by molar-refractivity contribution is 5.45. The highest BCUT2D eigenvalue weighted by Crippen LogP contribution is 2.24. The zero-order valence-corrected chi connectivity index (χ0v) is 17.7. The lowest BCUT2D eigenvalue weighted by molar-refractivity contribution is -0.189.